The van der Waals surface area contributed by atoms with Crippen LogP contribution in [0, 0.1) is 0 Å². The maximum atomic E-state index is 12.2. The van der Waals surface area contributed by atoms with Crippen molar-refractivity contribution in [3.63, 3.8) is 0 Å². The molecule has 1 fully saturated rings. The van der Waals surface area contributed by atoms with E-state index in [1.165, 1.54) is 0 Å². The summed E-state index contributed by atoms with van der Waals surface area (Å²) in [5.74, 6) is -0.131. The molecule has 0 aliphatic carbocycles. The van der Waals surface area contributed by atoms with E-state index in [2.05, 4.69) is 10.6 Å². The highest BCUT2D eigenvalue weighted by Gasteiger charge is 2.41. The highest BCUT2D eigenvalue weighted by atomic mass is 16.6. The minimum absolute atomic E-state index is 0.131. The molecule has 1 heterocycles. The van der Waals surface area contributed by atoms with Gasteiger partial charge in [0.05, 0.1) is 0 Å². The summed E-state index contributed by atoms with van der Waals surface area (Å²) < 4.78 is 5.49. The average Bonchev–Trinajstić information content (AvgIpc) is 2.17. The standard InChI is InChI=1S/C12H24N2O2/c1-5-14-12(7-6-8-13-9-12)10(15)16-11(2,3)4/h13-14H,5-9H2,1-4H3/t12-/m1/s1. The van der Waals surface area contributed by atoms with Gasteiger partial charge < -0.3 is 15.4 Å². The molecule has 4 nitrogen and oxygen atoms in total. The summed E-state index contributed by atoms with van der Waals surface area (Å²) in [6.07, 6.45) is 1.86. The predicted octanol–water partition coefficient (Wildman–Crippen LogP) is 1.06. The number of hydrogen-bond acceptors (Lipinski definition) is 4. The Kier molecular flexibility index (Phi) is 4.33. The van der Waals surface area contributed by atoms with Crippen molar-refractivity contribution >= 4 is 5.97 Å². The number of piperidine rings is 1. The van der Waals surface area contributed by atoms with Gasteiger partial charge in [-0.25, -0.2) is 4.79 Å². The van der Waals surface area contributed by atoms with E-state index in [0.29, 0.717) is 6.54 Å². The maximum absolute atomic E-state index is 12.2. The highest BCUT2D eigenvalue weighted by Crippen LogP contribution is 2.21. The van der Waals surface area contributed by atoms with Crippen LogP contribution in [0.15, 0.2) is 0 Å². The molecule has 16 heavy (non-hydrogen) atoms. The third kappa shape index (κ3) is 3.46. The molecule has 0 aromatic heterocycles. The van der Waals surface area contributed by atoms with Gasteiger partial charge in [-0.2, -0.15) is 0 Å². The molecule has 4 heteroatoms. The molecule has 0 spiro atoms. The van der Waals surface area contributed by atoms with E-state index < -0.39 is 11.1 Å². The third-order valence-electron chi connectivity index (χ3n) is 2.69. The second kappa shape index (κ2) is 5.15. The van der Waals surface area contributed by atoms with Crippen LogP contribution in [0.3, 0.4) is 0 Å². The van der Waals surface area contributed by atoms with Crippen LogP contribution in [0.4, 0.5) is 0 Å². The fourth-order valence-electron chi connectivity index (χ4n) is 2.02. The van der Waals surface area contributed by atoms with Gasteiger partial charge in [-0.1, -0.05) is 6.92 Å². The van der Waals surface area contributed by atoms with Gasteiger partial charge in [0.15, 0.2) is 0 Å². The molecule has 0 aromatic rings. The van der Waals surface area contributed by atoms with E-state index in [1.807, 2.05) is 27.7 Å². The lowest BCUT2D eigenvalue weighted by Gasteiger charge is -2.38. The molecule has 0 radical (unpaired) electrons. The van der Waals surface area contributed by atoms with E-state index >= 15 is 0 Å². The second-order valence-corrected chi connectivity index (χ2v) is 5.39. The van der Waals surface area contributed by atoms with Crippen molar-refractivity contribution in [1.29, 1.82) is 0 Å². The number of carbonyl (C=O) groups is 1. The zero-order chi connectivity index (χ0) is 12.2. The molecule has 0 bridgehead atoms. The smallest absolute Gasteiger partial charge is 0.328 e. The minimum Gasteiger partial charge on any atom is -0.459 e. The van der Waals surface area contributed by atoms with Crippen molar-refractivity contribution in [3.8, 4) is 0 Å². The van der Waals surface area contributed by atoms with E-state index in [4.69, 9.17) is 4.74 Å². The first-order chi connectivity index (χ1) is 7.40. The van der Waals surface area contributed by atoms with Crippen LogP contribution in [0.5, 0.6) is 0 Å². The zero-order valence-corrected chi connectivity index (χ0v) is 10.9. The number of ether oxygens (including phenoxy) is 1. The fraction of sp³-hybridized carbons (Fsp3) is 0.917. The summed E-state index contributed by atoms with van der Waals surface area (Å²) in [5.41, 5.74) is -0.947. The van der Waals surface area contributed by atoms with Crippen LogP contribution in [-0.4, -0.2) is 36.7 Å². The topological polar surface area (TPSA) is 50.4 Å². The van der Waals surface area contributed by atoms with Crippen molar-refractivity contribution in [2.24, 2.45) is 0 Å². The quantitative estimate of drug-likeness (QED) is 0.709. The van der Waals surface area contributed by atoms with Gasteiger partial charge in [0.1, 0.15) is 11.1 Å². The zero-order valence-electron chi connectivity index (χ0n) is 10.9. The second-order valence-electron chi connectivity index (χ2n) is 5.39. The van der Waals surface area contributed by atoms with Crippen molar-refractivity contribution in [2.75, 3.05) is 19.6 Å². The third-order valence-corrected chi connectivity index (χ3v) is 2.69. The molecule has 1 atom stereocenters. The van der Waals surface area contributed by atoms with Gasteiger partial charge >= 0.3 is 5.97 Å². The van der Waals surface area contributed by atoms with Crippen molar-refractivity contribution in [3.05, 3.63) is 0 Å². The summed E-state index contributed by atoms with van der Waals surface area (Å²) in [6, 6.07) is 0. The molecule has 0 amide bonds. The Labute approximate surface area is 98.1 Å². The lowest BCUT2D eigenvalue weighted by atomic mass is 9.90. The lowest BCUT2D eigenvalue weighted by Crippen LogP contribution is -2.62. The first-order valence-corrected chi connectivity index (χ1v) is 6.09. The molecule has 0 saturated carbocycles. The maximum Gasteiger partial charge on any atom is 0.328 e. The first kappa shape index (κ1) is 13.5. The van der Waals surface area contributed by atoms with E-state index in [0.717, 1.165) is 25.9 Å². The summed E-state index contributed by atoms with van der Waals surface area (Å²) in [5, 5.41) is 6.55. The van der Waals surface area contributed by atoms with Crippen LogP contribution in [0.25, 0.3) is 0 Å². The molecular weight excluding hydrogens is 204 g/mol. The highest BCUT2D eigenvalue weighted by molar-refractivity contribution is 5.81. The molecule has 1 rings (SSSR count). The van der Waals surface area contributed by atoms with Gasteiger partial charge in [0, 0.05) is 6.54 Å². The molecule has 0 aromatic carbocycles. The Balaban J connectivity index is 2.72. The molecule has 94 valence electrons. The molecule has 1 aliphatic heterocycles. The number of esters is 1. The Morgan fingerprint density at radius 2 is 2.19 bits per heavy atom. The number of likely N-dealkylation sites (N-methyl/N-ethyl adjacent to an activating group) is 1. The van der Waals surface area contributed by atoms with Crippen LogP contribution in [-0.2, 0) is 9.53 Å². The number of rotatable bonds is 3. The van der Waals surface area contributed by atoms with Crippen LogP contribution >= 0.6 is 0 Å². The van der Waals surface area contributed by atoms with Crippen LogP contribution in [0.1, 0.15) is 40.5 Å². The SMILES string of the molecule is CCN[C@]1(C(=O)OC(C)(C)C)CCCNC1. The molecule has 2 N–H and O–H groups in total. The van der Waals surface area contributed by atoms with Crippen molar-refractivity contribution in [2.45, 2.75) is 51.7 Å². The predicted molar refractivity (Wildman–Crippen MR) is 64.4 cm³/mol. The van der Waals surface area contributed by atoms with Crippen LogP contribution in [0.2, 0.25) is 0 Å². The van der Waals surface area contributed by atoms with Crippen molar-refractivity contribution < 1.29 is 9.53 Å². The molecule has 0 unspecified atom stereocenters. The normalized spacial score (nSPS) is 26.5. The van der Waals surface area contributed by atoms with Crippen molar-refractivity contribution in [1.82, 2.24) is 10.6 Å². The minimum atomic E-state index is -0.527. The van der Waals surface area contributed by atoms with E-state index in [9.17, 15) is 4.79 Å². The summed E-state index contributed by atoms with van der Waals surface area (Å²) in [7, 11) is 0. The molecule has 1 saturated heterocycles. The number of hydrogen-bond donors (Lipinski definition) is 2. The van der Waals surface area contributed by atoms with E-state index in [1.54, 1.807) is 0 Å². The van der Waals surface area contributed by atoms with Gasteiger partial charge in [-0.15, -0.1) is 0 Å². The summed E-state index contributed by atoms with van der Waals surface area (Å²) in [6.45, 7) is 10.1. The largest absolute Gasteiger partial charge is 0.459 e. The summed E-state index contributed by atoms with van der Waals surface area (Å²) in [4.78, 5) is 12.2. The lowest BCUT2D eigenvalue weighted by molar-refractivity contribution is -0.164. The molecule has 1 aliphatic rings. The van der Waals surface area contributed by atoms with Gasteiger partial charge in [-0.3, -0.25) is 0 Å². The first-order valence-electron chi connectivity index (χ1n) is 6.09. The fourth-order valence-corrected chi connectivity index (χ4v) is 2.02. The van der Waals surface area contributed by atoms with Crippen LogP contribution < -0.4 is 10.6 Å². The number of nitrogens with one attached hydrogen (secondary N) is 2. The van der Waals surface area contributed by atoms with Gasteiger partial charge in [0.25, 0.3) is 0 Å². The Hall–Kier alpha value is -0.610. The Morgan fingerprint density at radius 3 is 2.62 bits per heavy atom. The van der Waals surface area contributed by atoms with E-state index in [-0.39, 0.29) is 5.97 Å². The Bertz CT molecular complexity index is 234. The number of carbonyl (C=O) groups excluding carboxylic acids is 1. The Morgan fingerprint density at radius 1 is 1.50 bits per heavy atom. The summed E-state index contributed by atoms with van der Waals surface area (Å²) >= 11 is 0. The molecular formula is C12H24N2O2. The monoisotopic (exact) mass is 228 g/mol. The van der Waals surface area contributed by atoms with Gasteiger partial charge in [-0.05, 0) is 46.7 Å². The average molecular weight is 228 g/mol. The van der Waals surface area contributed by atoms with Gasteiger partial charge in [0.2, 0.25) is 0 Å².